The van der Waals surface area contributed by atoms with Crippen molar-refractivity contribution in [2.24, 2.45) is 0 Å². The van der Waals surface area contributed by atoms with E-state index >= 15 is 0 Å². The van der Waals surface area contributed by atoms with Gasteiger partial charge in [0.1, 0.15) is 0 Å². The first-order chi connectivity index (χ1) is 15.1. The molecule has 0 saturated heterocycles. The summed E-state index contributed by atoms with van der Waals surface area (Å²) in [5, 5.41) is 27.1. The van der Waals surface area contributed by atoms with Crippen LogP contribution in [0.15, 0.2) is 58.5 Å². The number of aliphatic carboxylic acids is 3. The molecule has 1 aromatic carbocycles. The lowest BCUT2D eigenvalue weighted by Gasteiger charge is -2.24. The Morgan fingerprint density at radius 3 is 1.88 bits per heavy atom. The van der Waals surface area contributed by atoms with E-state index in [0.29, 0.717) is 5.69 Å². The average molecular weight is 465 g/mol. The predicted molar refractivity (Wildman–Crippen MR) is 111 cm³/mol. The maximum Gasteiger partial charge on any atom is 0.317 e. The Morgan fingerprint density at radius 1 is 0.781 bits per heavy atom. The highest BCUT2D eigenvalue weighted by Crippen LogP contribution is 2.21. The predicted octanol–water partition coefficient (Wildman–Crippen LogP) is 0.272. The third-order valence-corrected chi connectivity index (χ3v) is 6.11. The molecular weight excluding hydrogens is 442 g/mol. The number of hydrogen-bond acceptors (Lipinski definition) is 8. The van der Waals surface area contributed by atoms with Crippen molar-refractivity contribution in [3.05, 3.63) is 54.4 Å². The van der Waals surface area contributed by atoms with Gasteiger partial charge in [-0.05, 0) is 24.3 Å². The largest absolute Gasteiger partial charge is 0.480 e. The fourth-order valence-corrected chi connectivity index (χ4v) is 4.28. The second kappa shape index (κ2) is 11.3. The molecule has 2 aromatic rings. The van der Waals surface area contributed by atoms with Crippen LogP contribution in [0.4, 0.5) is 0 Å². The molecule has 12 heteroatoms. The van der Waals surface area contributed by atoms with Crippen LogP contribution in [0.3, 0.4) is 0 Å². The number of sulfone groups is 1. The van der Waals surface area contributed by atoms with Gasteiger partial charge in [0.25, 0.3) is 0 Å². The Kier molecular flexibility index (Phi) is 8.81. The molecule has 1 heterocycles. The quantitative estimate of drug-likeness (QED) is 0.372. The number of carboxylic acid groups (broad SMARTS) is 3. The molecular formula is C20H23N3O8S. The van der Waals surface area contributed by atoms with Gasteiger partial charge in [-0.1, -0.05) is 18.2 Å². The minimum absolute atomic E-state index is 0.00218. The summed E-state index contributed by atoms with van der Waals surface area (Å²) in [4.78, 5) is 39.9. The molecule has 0 fully saturated rings. The molecule has 0 unspecified atom stereocenters. The van der Waals surface area contributed by atoms with Crippen molar-refractivity contribution >= 4 is 27.7 Å². The van der Waals surface area contributed by atoms with Gasteiger partial charge in [0.15, 0.2) is 0 Å². The van der Waals surface area contributed by atoms with Crippen molar-refractivity contribution < 1.29 is 38.1 Å². The molecule has 0 spiro atoms. The zero-order valence-electron chi connectivity index (χ0n) is 17.0. The zero-order valence-corrected chi connectivity index (χ0v) is 17.8. The fraction of sp³-hybridized carbons (Fsp3) is 0.300. The Labute approximate surface area is 184 Å². The minimum Gasteiger partial charge on any atom is -0.480 e. The van der Waals surface area contributed by atoms with Crippen LogP contribution in [-0.4, -0.2) is 89.2 Å². The van der Waals surface area contributed by atoms with Gasteiger partial charge in [-0.3, -0.25) is 29.2 Å². The van der Waals surface area contributed by atoms with E-state index in [1.54, 1.807) is 18.2 Å². The first-order valence-corrected chi connectivity index (χ1v) is 10.9. The third-order valence-electron chi connectivity index (χ3n) is 4.35. The van der Waals surface area contributed by atoms with Crippen LogP contribution in [0.1, 0.15) is 5.69 Å². The minimum atomic E-state index is -3.79. The van der Waals surface area contributed by atoms with Crippen molar-refractivity contribution in [1.82, 2.24) is 14.8 Å². The first kappa shape index (κ1) is 24.9. The van der Waals surface area contributed by atoms with E-state index in [9.17, 15) is 27.9 Å². The third kappa shape index (κ3) is 7.72. The Bertz CT molecular complexity index is 1040. The lowest BCUT2D eigenvalue weighted by atomic mass is 10.3. The number of rotatable bonds is 13. The van der Waals surface area contributed by atoms with Gasteiger partial charge in [0.05, 0.1) is 35.1 Å². The van der Waals surface area contributed by atoms with Crippen molar-refractivity contribution in [1.29, 1.82) is 0 Å². The lowest BCUT2D eigenvalue weighted by molar-refractivity contribution is -0.143. The van der Waals surface area contributed by atoms with Crippen LogP contribution in [0.25, 0.3) is 0 Å². The van der Waals surface area contributed by atoms with Crippen LogP contribution in [0.5, 0.6) is 0 Å². The first-order valence-electron chi connectivity index (χ1n) is 9.43. The smallest absolute Gasteiger partial charge is 0.317 e. The topological polar surface area (TPSA) is 165 Å². The van der Waals surface area contributed by atoms with Gasteiger partial charge in [0.2, 0.25) is 9.84 Å². The van der Waals surface area contributed by atoms with Crippen molar-refractivity contribution in [3.8, 4) is 0 Å². The summed E-state index contributed by atoms with van der Waals surface area (Å²) in [5.41, 5.74) is 0.297. The standard InChI is InChI=1S/C20H23N3O8S/c24-18(25)12-22(8-9-23(13-19(26)27)14-20(28)29)11-15-10-17(6-7-21-15)32(30,31)16-4-2-1-3-5-16/h1-7,10H,8-9,11-14H2,(H,24,25)(H,26,27)(H,28,29). The molecule has 2 rings (SSSR count). The van der Waals surface area contributed by atoms with Crippen LogP contribution in [0, 0.1) is 0 Å². The Balaban J connectivity index is 2.18. The fourth-order valence-electron chi connectivity index (χ4n) is 2.96. The molecule has 0 aliphatic heterocycles. The van der Waals surface area contributed by atoms with Gasteiger partial charge >= 0.3 is 17.9 Å². The Morgan fingerprint density at radius 2 is 1.31 bits per heavy atom. The van der Waals surface area contributed by atoms with Gasteiger partial charge in [-0.25, -0.2) is 8.42 Å². The van der Waals surface area contributed by atoms with Crippen molar-refractivity contribution in [2.75, 3.05) is 32.7 Å². The summed E-state index contributed by atoms with van der Waals surface area (Å²) in [5.74, 6) is -3.57. The van der Waals surface area contributed by atoms with Crippen molar-refractivity contribution in [3.63, 3.8) is 0 Å². The maximum absolute atomic E-state index is 12.8. The molecule has 0 bridgehead atoms. The van der Waals surface area contributed by atoms with E-state index in [2.05, 4.69) is 4.98 Å². The van der Waals surface area contributed by atoms with E-state index < -0.39 is 47.4 Å². The number of aromatic nitrogens is 1. The molecule has 0 atom stereocenters. The second-order valence-electron chi connectivity index (χ2n) is 6.90. The van der Waals surface area contributed by atoms with Gasteiger partial charge in [-0.15, -0.1) is 0 Å². The maximum atomic E-state index is 12.8. The normalized spacial score (nSPS) is 11.6. The van der Waals surface area contributed by atoms with Crippen molar-refractivity contribution in [2.45, 2.75) is 16.3 Å². The van der Waals surface area contributed by atoms with E-state index in [0.717, 1.165) is 4.90 Å². The van der Waals surface area contributed by atoms with Gasteiger partial charge in [-0.2, -0.15) is 0 Å². The zero-order chi connectivity index (χ0) is 23.7. The molecule has 0 amide bonds. The number of benzene rings is 1. The molecule has 0 radical (unpaired) electrons. The van der Waals surface area contributed by atoms with Crippen LogP contribution in [0.2, 0.25) is 0 Å². The van der Waals surface area contributed by atoms with E-state index in [4.69, 9.17) is 10.2 Å². The SMILES string of the molecule is O=C(O)CN(CCN(CC(=O)O)Cc1cc(S(=O)(=O)c2ccccc2)ccn1)CC(=O)O. The number of carbonyl (C=O) groups is 3. The van der Waals surface area contributed by atoms with Gasteiger partial charge < -0.3 is 15.3 Å². The molecule has 1 aromatic heterocycles. The molecule has 0 aliphatic carbocycles. The molecule has 32 heavy (non-hydrogen) atoms. The summed E-state index contributed by atoms with van der Waals surface area (Å²) in [6, 6.07) is 10.5. The highest BCUT2D eigenvalue weighted by atomic mass is 32.2. The highest BCUT2D eigenvalue weighted by molar-refractivity contribution is 7.91. The number of nitrogens with zero attached hydrogens (tertiary/aromatic N) is 3. The van der Waals surface area contributed by atoms with E-state index in [1.807, 2.05) is 0 Å². The summed E-state index contributed by atoms with van der Waals surface area (Å²) < 4.78 is 25.6. The van der Waals surface area contributed by atoms with E-state index in [1.165, 1.54) is 35.4 Å². The average Bonchev–Trinajstić information content (AvgIpc) is 2.71. The molecule has 3 N–H and O–H groups in total. The molecule has 0 saturated carbocycles. The molecule has 172 valence electrons. The number of hydrogen-bond donors (Lipinski definition) is 3. The second-order valence-corrected chi connectivity index (χ2v) is 8.85. The summed E-state index contributed by atoms with van der Waals surface area (Å²) in [6.07, 6.45) is 1.31. The summed E-state index contributed by atoms with van der Waals surface area (Å²) >= 11 is 0. The monoisotopic (exact) mass is 465 g/mol. The lowest BCUT2D eigenvalue weighted by Crippen LogP contribution is -2.41. The molecule has 0 aliphatic rings. The van der Waals surface area contributed by atoms with Crippen LogP contribution in [-0.2, 0) is 30.8 Å². The molecule has 11 nitrogen and oxygen atoms in total. The number of carboxylic acids is 3. The summed E-state index contributed by atoms with van der Waals surface area (Å²) in [7, 11) is -3.79. The highest BCUT2D eigenvalue weighted by Gasteiger charge is 2.20. The summed E-state index contributed by atoms with van der Waals surface area (Å²) in [6.45, 7) is -1.48. The van der Waals surface area contributed by atoms with Crippen LogP contribution < -0.4 is 0 Å². The number of pyridine rings is 1. The Hall–Kier alpha value is -3.35. The van der Waals surface area contributed by atoms with Crippen LogP contribution >= 0.6 is 0 Å². The van der Waals surface area contributed by atoms with Gasteiger partial charge in [0, 0.05) is 25.8 Å². The van der Waals surface area contributed by atoms with E-state index in [-0.39, 0.29) is 29.4 Å².